The van der Waals surface area contributed by atoms with Gasteiger partial charge in [0.05, 0.1) is 27.6 Å². The predicted molar refractivity (Wildman–Crippen MR) is 129 cm³/mol. The topological polar surface area (TPSA) is 63.6 Å². The SMILES string of the molecule is CCCCCCCC(C)CCCCCCCCCC(=O)OC(CC(=O)O)C[N+](C)(C)C. The lowest BCUT2D eigenvalue weighted by Crippen LogP contribution is -2.43. The van der Waals surface area contributed by atoms with Crippen molar-refractivity contribution in [3.8, 4) is 0 Å². The van der Waals surface area contributed by atoms with Crippen LogP contribution in [0.4, 0.5) is 0 Å². The minimum absolute atomic E-state index is 0.126. The predicted octanol–water partition coefficient (Wildman–Crippen LogP) is 6.59. The second-order valence-corrected chi connectivity index (χ2v) is 10.5. The van der Waals surface area contributed by atoms with Crippen LogP contribution in [-0.4, -0.2) is 55.3 Å². The Hall–Kier alpha value is -1.10. The Morgan fingerprint density at radius 3 is 1.77 bits per heavy atom. The van der Waals surface area contributed by atoms with Gasteiger partial charge in [-0.15, -0.1) is 0 Å². The van der Waals surface area contributed by atoms with Gasteiger partial charge in [-0.1, -0.05) is 97.3 Å². The Bertz CT molecular complexity index is 459. The lowest BCUT2D eigenvalue weighted by Gasteiger charge is -2.28. The minimum Gasteiger partial charge on any atom is -0.481 e. The summed E-state index contributed by atoms with van der Waals surface area (Å²) in [6.07, 6.45) is 17.6. The van der Waals surface area contributed by atoms with Crippen molar-refractivity contribution in [1.82, 2.24) is 0 Å². The molecule has 184 valence electrons. The lowest BCUT2D eigenvalue weighted by atomic mass is 9.96. The maximum atomic E-state index is 12.1. The Morgan fingerprint density at radius 1 is 0.806 bits per heavy atom. The average molecular weight is 443 g/mol. The van der Waals surface area contributed by atoms with Crippen molar-refractivity contribution in [2.75, 3.05) is 27.7 Å². The number of carboxylic acid groups (broad SMARTS) is 1. The molecule has 31 heavy (non-hydrogen) atoms. The van der Waals surface area contributed by atoms with Crippen molar-refractivity contribution in [2.24, 2.45) is 5.92 Å². The molecule has 2 unspecified atom stereocenters. The van der Waals surface area contributed by atoms with Gasteiger partial charge in [-0.25, -0.2) is 0 Å². The molecule has 0 aromatic rings. The number of carboxylic acids is 1. The van der Waals surface area contributed by atoms with Crippen LogP contribution in [0, 0.1) is 5.92 Å². The standard InChI is InChI=1S/C26H51NO4/c1-6-7-8-12-15-18-23(2)19-16-13-10-9-11-14-17-20-26(30)31-24(21-25(28)29)22-27(3,4)5/h23-24H,6-22H2,1-5H3/p+1. The fourth-order valence-electron chi connectivity index (χ4n) is 4.08. The lowest BCUT2D eigenvalue weighted by molar-refractivity contribution is -0.873. The summed E-state index contributed by atoms with van der Waals surface area (Å²) in [7, 11) is 5.91. The number of carbonyl (C=O) groups is 2. The normalized spacial score (nSPS) is 13.7. The van der Waals surface area contributed by atoms with Crippen LogP contribution in [0.25, 0.3) is 0 Å². The Morgan fingerprint density at radius 2 is 1.29 bits per heavy atom. The third-order valence-electron chi connectivity index (χ3n) is 5.83. The number of hydrogen-bond acceptors (Lipinski definition) is 3. The van der Waals surface area contributed by atoms with Gasteiger partial charge in [-0.05, 0) is 12.3 Å². The third kappa shape index (κ3) is 21.9. The summed E-state index contributed by atoms with van der Waals surface area (Å²) >= 11 is 0. The summed E-state index contributed by atoms with van der Waals surface area (Å²) in [4.78, 5) is 23.1. The van der Waals surface area contributed by atoms with E-state index in [1.807, 2.05) is 21.1 Å². The van der Waals surface area contributed by atoms with Crippen molar-refractivity contribution < 1.29 is 23.9 Å². The molecule has 0 rings (SSSR count). The highest BCUT2D eigenvalue weighted by Crippen LogP contribution is 2.18. The molecular weight excluding hydrogens is 390 g/mol. The zero-order chi connectivity index (χ0) is 23.5. The van der Waals surface area contributed by atoms with E-state index < -0.39 is 12.1 Å². The molecule has 0 spiro atoms. The van der Waals surface area contributed by atoms with E-state index in [-0.39, 0.29) is 12.4 Å². The molecule has 5 nitrogen and oxygen atoms in total. The van der Waals surface area contributed by atoms with E-state index in [4.69, 9.17) is 9.84 Å². The molecule has 0 aromatic carbocycles. The van der Waals surface area contributed by atoms with Gasteiger partial charge in [-0.3, -0.25) is 9.59 Å². The fourth-order valence-corrected chi connectivity index (χ4v) is 4.08. The van der Waals surface area contributed by atoms with Crippen LogP contribution in [0.5, 0.6) is 0 Å². The Labute approximate surface area is 192 Å². The van der Waals surface area contributed by atoms with Crippen LogP contribution < -0.4 is 0 Å². The summed E-state index contributed by atoms with van der Waals surface area (Å²) < 4.78 is 6.00. The van der Waals surface area contributed by atoms with Gasteiger partial charge in [-0.2, -0.15) is 0 Å². The third-order valence-corrected chi connectivity index (χ3v) is 5.83. The summed E-state index contributed by atoms with van der Waals surface area (Å²) in [5.41, 5.74) is 0. The van der Waals surface area contributed by atoms with E-state index in [0.717, 1.165) is 25.2 Å². The number of rotatable bonds is 21. The van der Waals surface area contributed by atoms with Crippen LogP contribution in [0.3, 0.4) is 0 Å². The van der Waals surface area contributed by atoms with Crippen molar-refractivity contribution in [1.29, 1.82) is 0 Å². The summed E-state index contributed by atoms with van der Waals surface area (Å²) in [6.45, 7) is 5.18. The number of quaternary nitrogens is 1. The molecule has 0 amide bonds. The van der Waals surface area contributed by atoms with E-state index in [1.165, 1.54) is 70.6 Å². The number of hydrogen-bond donors (Lipinski definition) is 1. The molecule has 0 aliphatic rings. The monoisotopic (exact) mass is 442 g/mol. The van der Waals surface area contributed by atoms with E-state index in [1.54, 1.807) is 0 Å². The summed E-state index contributed by atoms with van der Waals surface area (Å²) in [6, 6.07) is 0. The maximum Gasteiger partial charge on any atom is 0.307 e. The van der Waals surface area contributed by atoms with Crippen molar-refractivity contribution in [3.05, 3.63) is 0 Å². The van der Waals surface area contributed by atoms with E-state index in [9.17, 15) is 9.59 Å². The van der Waals surface area contributed by atoms with Crippen LogP contribution in [0.2, 0.25) is 0 Å². The Kier molecular flexibility index (Phi) is 17.8. The van der Waals surface area contributed by atoms with Crippen LogP contribution >= 0.6 is 0 Å². The summed E-state index contributed by atoms with van der Waals surface area (Å²) in [5.74, 6) is -0.314. The molecule has 0 fully saturated rings. The maximum absolute atomic E-state index is 12.1. The number of nitrogens with zero attached hydrogens (tertiary/aromatic N) is 1. The second kappa shape index (κ2) is 18.5. The first kappa shape index (κ1) is 29.9. The van der Waals surface area contributed by atoms with E-state index in [0.29, 0.717) is 17.4 Å². The van der Waals surface area contributed by atoms with Crippen molar-refractivity contribution >= 4 is 11.9 Å². The molecule has 1 N–H and O–H groups in total. The van der Waals surface area contributed by atoms with Gasteiger partial charge >= 0.3 is 11.9 Å². The van der Waals surface area contributed by atoms with E-state index in [2.05, 4.69) is 13.8 Å². The molecule has 0 aliphatic heterocycles. The highest BCUT2D eigenvalue weighted by molar-refractivity contribution is 5.71. The first-order chi connectivity index (χ1) is 14.6. The zero-order valence-electron chi connectivity index (χ0n) is 21.3. The number of ether oxygens (including phenoxy) is 1. The Balaban J connectivity index is 3.66. The first-order valence-electron chi connectivity index (χ1n) is 12.9. The second-order valence-electron chi connectivity index (χ2n) is 10.5. The number of likely N-dealkylation sites (N-methyl/N-ethyl adjacent to an activating group) is 1. The van der Waals surface area contributed by atoms with Gasteiger partial charge in [0, 0.05) is 6.42 Å². The molecule has 0 bridgehead atoms. The molecule has 0 aliphatic carbocycles. The minimum atomic E-state index is -0.924. The van der Waals surface area contributed by atoms with Crippen molar-refractivity contribution in [2.45, 2.75) is 123 Å². The van der Waals surface area contributed by atoms with E-state index >= 15 is 0 Å². The fraction of sp³-hybridized carbons (Fsp3) is 0.923. The number of esters is 1. The van der Waals surface area contributed by atoms with Gasteiger partial charge < -0.3 is 14.3 Å². The highest BCUT2D eigenvalue weighted by Gasteiger charge is 2.24. The number of carbonyl (C=O) groups excluding carboxylic acids is 1. The zero-order valence-corrected chi connectivity index (χ0v) is 21.3. The largest absolute Gasteiger partial charge is 0.481 e. The first-order valence-corrected chi connectivity index (χ1v) is 12.9. The molecular formula is C26H52NO4+. The average Bonchev–Trinajstić information content (AvgIpc) is 2.64. The highest BCUT2D eigenvalue weighted by atomic mass is 16.5. The molecule has 5 heteroatoms. The number of unbranched alkanes of at least 4 members (excludes halogenated alkanes) is 10. The van der Waals surface area contributed by atoms with Crippen LogP contribution in [0.1, 0.15) is 117 Å². The molecule has 0 radical (unpaired) electrons. The molecule has 0 saturated carbocycles. The molecule has 2 atom stereocenters. The van der Waals surface area contributed by atoms with Gasteiger partial charge in [0.25, 0.3) is 0 Å². The van der Waals surface area contributed by atoms with Gasteiger partial charge in [0.2, 0.25) is 0 Å². The van der Waals surface area contributed by atoms with Gasteiger partial charge in [0.1, 0.15) is 6.54 Å². The quantitative estimate of drug-likeness (QED) is 0.124. The molecule has 0 aromatic heterocycles. The number of aliphatic carboxylic acids is 1. The van der Waals surface area contributed by atoms with Crippen LogP contribution in [-0.2, 0) is 14.3 Å². The molecule has 0 heterocycles. The van der Waals surface area contributed by atoms with Crippen molar-refractivity contribution in [3.63, 3.8) is 0 Å². The smallest absolute Gasteiger partial charge is 0.307 e. The summed E-state index contributed by atoms with van der Waals surface area (Å²) in [5, 5.41) is 9.03. The van der Waals surface area contributed by atoms with Gasteiger partial charge in [0.15, 0.2) is 6.10 Å². The molecule has 0 saturated heterocycles. The van der Waals surface area contributed by atoms with Crippen LogP contribution in [0.15, 0.2) is 0 Å².